The lowest BCUT2D eigenvalue weighted by molar-refractivity contribution is -0.126. The van der Waals surface area contributed by atoms with Gasteiger partial charge in [0.05, 0.1) is 24.5 Å². The Morgan fingerprint density at radius 2 is 2.32 bits per heavy atom. The van der Waals surface area contributed by atoms with E-state index in [1.807, 2.05) is 12.1 Å². The van der Waals surface area contributed by atoms with Crippen molar-refractivity contribution in [1.82, 2.24) is 14.9 Å². The summed E-state index contributed by atoms with van der Waals surface area (Å²) in [4.78, 5) is 14.3. The quantitative estimate of drug-likeness (QED) is 0.743. The lowest BCUT2D eigenvalue weighted by Gasteiger charge is -2.31. The van der Waals surface area contributed by atoms with Crippen LogP contribution in [-0.4, -0.2) is 51.7 Å². The fraction of sp³-hybridized carbons (Fsp3) is 0.643. The Labute approximate surface area is 131 Å². The van der Waals surface area contributed by atoms with Crippen molar-refractivity contribution in [2.24, 2.45) is 5.92 Å². The first-order chi connectivity index (χ1) is 10.5. The molecule has 0 spiro atoms. The molecule has 0 aromatic carbocycles. The number of furan rings is 1. The average molecular weight is 329 g/mol. The summed E-state index contributed by atoms with van der Waals surface area (Å²) in [5.41, 5.74) is 0. The Hall–Kier alpha value is -1.38. The molecular formula is C14H23N3O4S. The standard InChI is InChI=1S/C14H23N3O4S/c1-15-22(19,20)9-6-16-14(18)12-4-2-7-17(10-12)11-13-5-3-8-21-13/h3,5,8,12,15H,2,4,6-7,9-11H2,1H3,(H,16,18). The van der Waals surface area contributed by atoms with E-state index >= 15 is 0 Å². The van der Waals surface area contributed by atoms with Crippen molar-refractivity contribution in [3.8, 4) is 0 Å². The molecule has 1 aromatic heterocycles. The highest BCUT2D eigenvalue weighted by molar-refractivity contribution is 7.89. The zero-order valence-corrected chi connectivity index (χ0v) is 13.6. The van der Waals surface area contributed by atoms with Gasteiger partial charge in [0.2, 0.25) is 15.9 Å². The van der Waals surface area contributed by atoms with Gasteiger partial charge < -0.3 is 9.73 Å². The van der Waals surface area contributed by atoms with Gasteiger partial charge in [-0.15, -0.1) is 0 Å². The molecule has 2 rings (SSSR count). The molecule has 1 saturated heterocycles. The van der Waals surface area contributed by atoms with Crippen LogP contribution in [0.25, 0.3) is 0 Å². The summed E-state index contributed by atoms with van der Waals surface area (Å²) < 4.78 is 30.2. The summed E-state index contributed by atoms with van der Waals surface area (Å²) in [6.45, 7) is 2.45. The Morgan fingerprint density at radius 3 is 3.00 bits per heavy atom. The van der Waals surface area contributed by atoms with Crippen LogP contribution in [0.5, 0.6) is 0 Å². The first-order valence-electron chi connectivity index (χ1n) is 7.44. The molecule has 1 aliphatic heterocycles. The van der Waals surface area contributed by atoms with Gasteiger partial charge >= 0.3 is 0 Å². The predicted molar refractivity (Wildman–Crippen MR) is 82.6 cm³/mol. The first kappa shape index (κ1) is 17.0. The molecule has 0 aliphatic carbocycles. The van der Waals surface area contributed by atoms with Gasteiger partial charge in [0.25, 0.3) is 0 Å². The lowest BCUT2D eigenvalue weighted by atomic mass is 9.97. The number of likely N-dealkylation sites (tertiary alicyclic amines) is 1. The molecule has 22 heavy (non-hydrogen) atoms. The van der Waals surface area contributed by atoms with Crippen molar-refractivity contribution in [1.29, 1.82) is 0 Å². The molecule has 0 radical (unpaired) electrons. The number of amides is 1. The van der Waals surface area contributed by atoms with Gasteiger partial charge in [-0.3, -0.25) is 9.69 Å². The van der Waals surface area contributed by atoms with Crippen LogP contribution in [0.3, 0.4) is 0 Å². The molecule has 1 atom stereocenters. The van der Waals surface area contributed by atoms with Crippen LogP contribution in [0.1, 0.15) is 18.6 Å². The third-order valence-corrected chi connectivity index (χ3v) is 5.18. The average Bonchev–Trinajstić information content (AvgIpc) is 3.00. The van der Waals surface area contributed by atoms with Gasteiger partial charge in [-0.25, -0.2) is 13.1 Å². The molecule has 1 aromatic rings. The number of sulfonamides is 1. The molecule has 8 heteroatoms. The molecule has 1 aliphatic rings. The summed E-state index contributed by atoms with van der Waals surface area (Å²) in [5.74, 6) is 0.621. The highest BCUT2D eigenvalue weighted by atomic mass is 32.2. The van der Waals surface area contributed by atoms with Gasteiger partial charge in [-0.05, 0) is 38.6 Å². The molecule has 2 heterocycles. The van der Waals surface area contributed by atoms with E-state index in [1.54, 1.807) is 6.26 Å². The van der Waals surface area contributed by atoms with E-state index in [0.717, 1.165) is 25.1 Å². The predicted octanol–water partition coefficient (Wildman–Crippen LogP) is 0.157. The number of hydrogen-bond acceptors (Lipinski definition) is 5. The van der Waals surface area contributed by atoms with Crippen molar-refractivity contribution >= 4 is 15.9 Å². The number of hydrogen-bond donors (Lipinski definition) is 2. The molecule has 124 valence electrons. The van der Waals surface area contributed by atoms with E-state index in [4.69, 9.17) is 4.42 Å². The van der Waals surface area contributed by atoms with E-state index in [-0.39, 0.29) is 24.1 Å². The summed E-state index contributed by atoms with van der Waals surface area (Å²) in [6.07, 6.45) is 3.43. The van der Waals surface area contributed by atoms with E-state index in [1.165, 1.54) is 7.05 Å². The Bertz CT molecular complexity index is 571. The number of carbonyl (C=O) groups is 1. The molecule has 1 amide bonds. The smallest absolute Gasteiger partial charge is 0.224 e. The molecule has 1 fully saturated rings. The molecule has 7 nitrogen and oxygen atoms in total. The summed E-state index contributed by atoms with van der Waals surface area (Å²) in [5, 5.41) is 2.71. The van der Waals surface area contributed by atoms with Crippen LogP contribution in [0.4, 0.5) is 0 Å². The second-order valence-corrected chi connectivity index (χ2v) is 7.51. The van der Waals surface area contributed by atoms with Crippen LogP contribution < -0.4 is 10.0 Å². The van der Waals surface area contributed by atoms with Crippen molar-refractivity contribution in [3.63, 3.8) is 0 Å². The van der Waals surface area contributed by atoms with Gasteiger partial charge in [0.1, 0.15) is 5.76 Å². The second-order valence-electron chi connectivity index (χ2n) is 5.47. The van der Waals surface area contributed by atoms with E-state index < -0.39 is 10.0 Å². The Balaban J connectivity index is 1.77. The van der Waals surface area contributed by atoms with Crippen LogP contribution in [0, 0.1) is 5.92 Å². The van der Waals surface area contributed by atoms with Gasteiger partial charge in [0.15, 0.2) is 0 Å². The lowest BCUT2D eigenvalue weighted by Crippen LogP contribution is -2.44. The van der Waals surface area contributed by atoms with E-state index in [0.29, 0.717) is 13.1 Å². The van der Waals surface area contributed by atoms with Crippen LogP contribution in [0.2, 0.25) is 0 Å². The van der Waals surface area contributed by atoms with E-state index in [2.05, 4.69) is 14.9 Å². The molecular weight excluding hydrogens is 306 g/mol. The topological polar surface area (TPSA) is 91.7 Å². The number of nitrogens with zero attached hydrogens (tertiary/aromatic N) is 1. The second kappa shape index (κ2) is 7.75. The van der Waals surface area contributed by atoms with Crippen LogP contribution >= 0.6 is 0 Å². The largest absolute Gasteiger partial charge is 0.468 e. The third kappa shape index (κ3) is 5.11. The maximum absolute atomic E-state index is 12.1. The third-order valence-electron chi connectivity index (χ3n) is 3.82. The highest BCUT2D eigenvalue weighted by Gasteiger charge is 2.26. The van der Waals surface area contributed by atoms with Crippen molar-refractivity contribution in [2.45, 2.75) is 19.4 Å². The Kier molecular flexibility index (Phi) is 5.98. The van der Waals surface area contributed by atoms with Crippen molar-refractivity contribution < 1.29 is 17.6 Å². The number of piperidine rings is 1. The highest BCUT2D eigenvalue weighted by Crippen LogP contribution is 2.18. The molecule has 1 unspecified atom stereocenters. The van der Waals surface area contributed by atoms with E-state index in [9.17, 15) is 13.2 Å². The summed E-state index contributed by atoms with van der Waals surface area (Å²) in [6, 6.07) is 3.78. The fourth-order valence-corrected chi connectivity index (χ4v) is 3.17. The normalized spacial score (nSPS) is 20.0. The Morgan fingerprint density at radius 1 is 1.50 bits per heavy atom. The number of rotatable bonds is 7. The molecule has 2 N–H and O–H groups in total. The first-order valence-corrected chi connectivity index (χ1v) is 9.09. The van der Waals surface area contributed by atoms with Crippen LogP contribution in [-0.2, 0) is 21.4 Å². The minimum absolute atomic E-state index is 0.0737. The monoisotopic (exact) mass is 329 g/mol. The SMILES string of the molecule is CNS(=O)(=O)CCNC(=O)C1CCCN(Cc2ccco2)C1. The maximum atomic E-state index is 12.1. The maximum Gasteiger partial charge on any atom is 0.224 e. The number of carbonyl (C=O) groups excluding carboxylic acids is 1. The number of nitrogens with one attached hydrogen (secondary N) is 2. The zero-order valence-electron chi connectivity index (χ0n) is 12.7. The van der Waals surface area contributed by atoms with Gasteiger partial charge in [-0.1, -0.05) is 0 Å². The van der Waals surface area contributed by atoms with Crippen molar-refractivity contribution in [2.75, 3.05) is 32.4 Å². The zero-order chi connectivity index (χ0) is 16.0. The minimum Gasteiger partial charge on any atom is -0.468 e. The van der Waals surface area contributed by atoms with Gasteiger partial charge in [-0.2, -0.15) is 0 Å². The fourth-order valence-electron chi connectivity index (χ4n) is 2.59. The van der Waals surface area contributed by atoms with Crippen molar-refractivity contribution in [3.05, 3.63) is 24.2 Å². The van der Waals surface area contributed by atoms with Crippen LogP contribution in [0.15, 0.2) is 22.8 Å². The molecule has 0 saturated carbocycles. The summed E-state index contributed by atoms with van der Waals surface area (Å²) in [7, 11) is -1.91. The minimum atomic E-state index is -3.28. The van der Waals surface area contributed by atoms with Gasteiger partial charge in [0, 0.05) is 13.1 Å². The summed E-state index contributed by atoms with van der Waals surface area (Å²) >= 11 is 0. The molecule has 0 bridgehead atoms.